The van der Waals surface area contributed by atoms with Crippen molar-refractivity contribution in [1.82, 2.24) is 4.98 Å². The highest BCUT2D eigenvalue weighted by Gasteiger charge is 1.95. The third-order valence-electron chi connectivity index (χ3n) is 1.78. The summed E-state index contributed by atoms with van der Waals surface area (Å²) in [6.07, 6.45) is 0. The SMILES string of the molecule is Brc1ccc(CNc2cs[c]n2)cc1. The second-order valence-corrected chi connectivity index (χ2v) is 4.37. The van der Waals surface area contributed by atoms with Gasteiger partial charge < -0.3 is 5.32 Å². The van der Waals surface area contributed by atoms with Crippen molar-refractivity contribution in [2.24, 2.45) is 0 Å². The van der Waals surface area contributed by atoms with Gasteiger partial charge in [-0.2, -0.15) is 0 Å². The van der Waals surface area contributed by atoms with Crippen LogP contribution in [-0.4, -0.2) is 4.98 Å². The lowest BCUT2D eigenvalue weighted by Gasteiger charge is -2.02. The lowest BCUT2D eigenvalue weighted by molar-refractivity contribution is 1.12. The Morgan fingerprint density at radius 1 is 1.36 bits per heavy atom. The minimum absolute atomic E-state index is 0.796. The van der Waals surface area contributed by atoms with Crippen LogP contribution in [0.2, 0.25) is 0 Å². The molecule has 71 valence electrons. The molecule has 1 heterocycles. The quantitative estimate of drug-likeness (QED) is 0.923. The van der Waals surface area contributed by atoms with E-state index in [4.69, 9.17) is 0 Å². The van der Waals surface area contributed by atoms with Crippen LogP contribution in [-0.2, 0) is 6.54 Å². The Kier molecular flexibility index (Phi) is 3.16. The van der Waals surface area contributed by atoms with Crippen molar-refractivity contribution in [2.75, 3.05) is 5.32 Å². The summed E-state index contributed by atoms with van der Waals surface area (Å²) >= 11 is 4.87. The highest BCUT2D eigenvalue weighted by molar-refractivity contribution is 9.10. The molecule has 1 aromatic carbocycles. The van der Waals surface area contributed by atoms with E-state index in [1.54, 1.807) is 0 Å². The van der Waals surface area contributed by atoms with Crippen LogP contribution < -0.4 is 5.32 Å². The molecule has 14 heavy (non-hydrogen) atoms. The van der Waals surface area contributed by atoms with Crippen molar-refractivity contribution in [3.05, 3.63) is 45.2 Å². The summed E-state index contributed by atoms with van der Waals surface area (Å²) in [5.41, 5.74) is 4.03. The molecule has 0 aliphatic rings. The smallest absolute Gasteiger partial charge is 0.154 e. The second kappa shape index (κ2) is 4.57. The van der Waals surface area contributed by atoms with E-state index in [-0.39, 0.29) is 0 Å². The molecule has 0 bridgehead atoms. The summed E-state index contributed by atoms with van der Waals surface area (Å²) in [5, 5.41) is 5.16. The van der Waals surface area contributed by atoms with Gasteiger partial charge in [-0.05, 0) is 17.7 Å². The molecule has 1 radical (unpaired) electrons. The van der Waals surface area contributed by atoms with Crippen LogP contribution in [0.15, 0.2) is 34.1 Å². The Labute approximate surface area is 95.1 Å². The summed E-state index contributed by atoms with van der Waals surface area (Å²) in [7, 11) is 0. The molecule has 0 aliphatic carbocycles. The van der Waals surface area contributed by atoms with Gasteiger partial charge in [0.05, 0.1) is 0 Å². The van der Waals surface area contributed by atoms with Crippen molar-refractivity contribution in [3.8, 4) is 0 Å². The van der Waals surface area contributed by atoms with Crippen LogP contribution in [0.25, 0.3) is 0 Å². The van der Waals surface area contributed by atoms with Gasteiger partial charge in [-0.25, -0.2) is 4.98 Å². The van der Waals surface area contributed by atoms with E-state index in [2.05, 4.69) is 43.9 Å². The average molecular weight is 268 g/mol. The molecule has 0 unspecified atom stereocenters. The molecule has 0 atom stereocenters. The van der Waals surface area contributed by atoms with Crippen molar-refractivity contribution >= 4 is 33.1 Å². The summed E-state index contributed by atoms with van der Waals surface area (Å²) in [5.74, 6) is 0.887. The monoisotopic (exact) mass is 267 g/mol. The van der Waals surface area contributed by atoms with Crippen LogP contribution >= 0.6 is 27.3 Å². The number of aromatic nitrogens is 1. The molecule has 2 aromatic rings. The number of hydrogen-bond acceptors (Lipinski definition) is 3. The maximum absolute atomic E-state index is 4.02. The Morgan fingerprint density at radius 3 is 2.79 bits per heavy atom. The normalized spacial score (nSPS) is 10.1. The van der Waals surface area contributed by atoms with E-state index >= 15 is 0 Å². The molecule has 2 rings (SSSR count). The number of benzene rings is 1. The summed E-state index contributed by atoms with van der Waals surface area (Å²) in [6.45, 7) is 0.796. The third kappa shape index (κ3) is 2.56. The molecule has 0 saturated heterocycles. The highest BCUT2D eigenvalue weighted by Crippen LogP contribution is 2.12. The first-order valence-corrected chi connectivity index (χ1v) is 5.82. The highest BCUT2D eigenvalue weighted by atomic mass is 79.9. The molecule has 0 amide bonds. The lowest BCUT2D eigenvalue weighted by Crippen LogP contribution is -1.98. The first-order chi connectivity index (χ1) is 6.84. The molecule has 1 aromatic heterocycles. The Morgan fingerprint density at radius 2 is 2.14 bits per heavy atom. The fourth-order valence-corrected chi connectivity index (χ4v) is 1.78. The van der Waals surface area contributed by atoms with E-state index in [1.165, 1.54) is 16.9 Å². The zero-order chi connectivity index (χ0) is 9.80. The molecule has 2 nitrogen and oxygen atoms in total. The molecular formula is C10H8BrN2S. The molecule has 0 spiro atoms. The van der Waals surface area contributed by atoms with Crippen LogP contribution in [0.4, 0.5) is 5.82 Å². The van der Waals surface area contributed by atoms with Gasteiger partial charge in [0.1, 0.15) is 5.82 Å². The summed E-state index contributed by atoms with van der Waals surface area (Å²) in [4.78, 5) is 4.02. The van der Waals surface area contributed by atoms with Crippen molar-refractivity contribution < 1.29 is 0 Å². The zero-order valence-electron chi connectivity index (χ0n) is 7.33. The van der Waals surface area contributed by atoms with Crippen LogP contribution in [0.3, 0.4) is 0 Å². The first-order valence-electron chi connectivity index (χ1n) is 4.14. The number of rotatable bonds is 3. The van der Waals surface area contributed by atoms with Crippen LogP contribution in [0.1, 0.15) is 5.56 Å². The summed E-state index contributed by atoms with van der Waals surface area (Å²) in [6, 6.07) is 8.22. The minimum atomic E-state index is 0.796. The van der Waals surface area contributed by atoms with Gasteiger partial charge in [0.15, 0.2) is 5.51 Å². The van der Waals surface area contributed by atoms with E-state index < -0.39 is 0 Å². The standard InChI is InChI=1S/C10H8BrN2S/c11-9-3-1-8(2-4-9)5-12-10-6-14-7-13-10/h1-4,6,12H,5H2. The third-order valence-corrected chi connectivity index (χ3v) is 2.84. The summed E-state index contributed by atoms with van der Waals surface area (Å²) < 4.78 is 1.10. The van der Waals surface area contributed by atoms with Crippen molar-refractivity contribution in [1.29, 1.82) is 0 Å². The van der Waals surface area contributed by atoms with Gasteiger partial charge in [-0.1, -0.05) is 28.1 Å². The number of nitrogens with zero attached hydrogens (tertiary/aromatic N) is 1. The molecule has 1 N–H and O–H groups in total. The molecule has 4 heteroatoms. The predicted octanol–water partition coefficient (Wildman–Crippen LogP) is 3.32. The van der Waals surface area contributed by atoms with E-state index in [0.717, 1.165) is 16.8 Å². The van der Waals surface area contributed by atoms with Gasteiger partial charge in [-0.3, -0.25) is 0 Å². The Bertz CT molecular complexity index is 383. The van der Waals surface area contributed by atoms with E-state index in [9.17, 15) is 0 Å². The Hall–Kier alpha value is -0.870. The van der Waals surface area contributed by atoms with E-state index in [1.807, 2.05) is 17.5 Å². The molecule has 0 fully saturated rings. The van der Waals surface area contributed by atoms with Crippen LogP contribution in [0.5, 0.6) is 0 Å². The van der Waals surface area contributed by atoms with E-state index in [0.29, 0.717) is 0 Å². The maximum Gasteiger partial charge on any atom is 0.154 e. The largest absolute Gasteiger partial charge is 0.365 e. The fraction of sp³-hybridized carbons (Fsp3) is 0.100. The topological polar surface area (TPSA) is 24.9 Å². The average Bonchev–Trinajstić information content (AvgIpc) is 2.70. The zero-order valence-corrected chi connectivity index (χ0v) is 9.73. The van der Waals surface area contributed by atoms with Crippen molar-refractivity contribution in [3.63, 3.8) is 0 Å². The van der Waals surface area contributed by atoms with Gasteiger partial charge in [0, 0.05) is 16.4 Å². The van der Waals surface area contributed by atoms with Gasteiger partial charge in [-0.15, -0.1) is 11.3 Å². The number of hydrogen-bond donors (Lipinski definition) is 1. The number of thiazole rings is 1. The molecular weight excluding hydrogens is 260 g/mol. The van der Waals surface area contributed by atoms with Gasteiger partial charge >= 0.3 is 0 Å². The second-order valence-electron chi connectivity index (χ2n) is 2.80. The molecule has 0 saturated carbocycles. The van der Waals surface area contributed by atoms with Crippen molar-refractivity contribution in [2.45, 2.75) is 6.54 Å². The fourth-order valence-electron chi connectivity index (χ4n) is 1.06. The number of nitrogens with one attached hydrogen (secondary N) is 1. The van der Waals surface area contributed by atoms with Gasteiger partial charge in [0.2, 0.25) is 0 Å². The minimum Gasteiger partial charge on any atom is -0.365 e. The Balaban J connectivity index is 1.95. The molecule has 0 aliphatic heterocycles. The first kappa shape index (κ1) is 9.68. The van der Waals surface area contributed by atoms with Crippen LogP contribution in [0, 0.1) is 5.51 Å². The number of anilines is 1. The maximum atomic E-state index is 4.02. The number of halogens is 1. The lowest BCUT2D eigenvalue weighted by atomic mass is 10.2. The van der Waals surface area contributed by atoms with Gasteiger partial charge in [0.25, 0.3) is 0 Å². The predicted molar refractivity (Wildman–Crippen MR) is 62.4 cm³/mol.